The fourth-order valence-electron chi connectivity index (χ4n) is 0.998. The summed E-state index contributed by atoms with van der Waals surface area (Å²) in [5.74, 6) is 5.62. The van der Waals surface area contributed by atoms with Crippen molar-refractivity contribution in [2.75, 3.05) is 5.43 Å². The first kappa shape index (κ1) is 9.17. The molecule has 6 heteroatoms. The van der Waals surface area contributed by atoms with Gasteiger partial charge in [-0.2, -0.15) is 4.98 Å². The molecule has 0 aliphatic rings. The molecule has 0 bridgehead atoms. The van der Waals surface area contributed by atoms with Crippen LogP contribution in [0.5, 0.6) is 0 Å². The van der Waals surface area contributed by atoms with Crippen molar-refractivity contribution in [2.24, 2.45) is 5.84 Å². The SMILES string of the molecule is NNc1nc(-c2ccc(Br)cc2)no1. The van der Waals surface area contributed by atoms with Gasteiger partial charge in [-0.25, -0.2) is 5.84 Å². The predicted molar refractivity (Wildman–Crippen MR) is 55.2 cm³/mol. The number of aromatic nitrogens is 2. The normalized spacial score (nSPS) is 10.1. The van der Waals surface area contributed by atoms with E-state index < -0.39 is 0 Å². The third-order valence-electron chi connectivity index (χ3n) is 1.65. The second-order valence-electron chi connectivity index (χ2n) is 2.57. The monoisotopic (exact) mass is 254 g/mol. The summed E-state index contributed by atoms with van der Waals surface area (Å²) in [6.45, 7) is 0. The van der Waals surface area contributed by atoms with Gasteiger partial charge in [0, 0.05) is 10.0 Å². The maximum Gasteiger partial charge on any atom is 0.335 e. The van der Waals surface area contributed by atoms with E-state index in [1.54, 1.807) is 0 Å². The maximum absolute atomic E-state index is 5.11. The average molecular weight is 255 g/mol. The summed E-state index contributed by atoms with van der Waals surface area (Å²) in [5.41, 5.74) is 3.15. The van der Waals surface area contributed by atoms with Gasteiger partial charge in [-0.1, -0.05) is 21.1 Å². The number of halogens is 1. The van der Waals surface area contributed by atoms with Crippen LogP contribution in [0.3, 0.4) is 0 Å². The lowest BCUT2D eigenvalue weighted by Gasteiger charge is -1.93. The van der Waals surface area contributed by atoms with Gasteiger partial charge in [-0.05, 0) is 24.3 Å². The highest BCUT2D eigenvalue weighted by Crippen LogP contribution is 2.19. The number of rotatable bonds is 2. The summed E-state index contributed by atoms with van der Waals surface area (Å²) in [5, 5.41) is 3.74. The van der Waals surface area contributed by atoms with Gasteiger partial charge in [-0.15, -0.1) is 0 Å². The van der Waals surface area contributed by atoms with Gasteiger partial charge in [-0.3, -0.25) is 5.43 Å². The van der Waals surface area contributed by atoms with Crippen LogP contribution in [-0.4, -0.2) is 10.1 Å². The Labute approximate surface area is 88.4 Å². The minimum Gasteiger partial charge on any atom is -0.314 e. The zero-order chi connectivity index (χ0) is 9.97. The van der Waals surface area contributed by atoms with Crippen LogP contribution in [0.1, 0.15) is 0 Å². The van der Waals surface area contributed by atoms with E-state index in [0.29, 0.717) is 5.82 Å². The van der Waals surface area contributed by atoms with E-state index in [9.17, 15) is 0 Å². The molecule has 1 aromatic carbocycles. The second-order valence-corrected chi connectivity index (χ2v) is 3.49. The Morgan fingerprint density at radius 3 is 2.57 bits per heavy atom. The predicted octanol–water partition coefficient (Wildman–Crippen LogP) is 1.78. The van der Waals surface area contributed by atoms with Crippen molar-refractivity contribution in [1.82, 2.24) is 10.1 Å². The van der Waals surface area contributed by atoms with Gasteiger partial charge < -0.3 is 4.52 Å². The van der Waals surface area contributed by atoms with Crippen LogP contribution in [-0.2, 0) is 0 Å². The Balaban J connectivity index is 2.34. The highest BCUT2D eigenvalue weighted by Gasteiger charge is 2.06. The van der Waals surface area contributed by atoms with Gasteiger partial charge in [0.25, 0.3) is 0 Å². The molecule has 1 aromatic heterocycles. The summed E-state index contributed by atoms with van der Waals surface area (Å²) in [7, 11) is 0. The number of nitrogen functional groups attached to an aromatic ring is 1. The molecule has 0 unspecified atom stereocenters. The van der Waals surface area contributed by atoms with Crippen molar-refractivity contribution >= 4 is 21.9 Å². The van der Waals surface area contributed by atoms with E-state index in [0.717, 1.165) is 10.0 Å². The Morgan fingerprint density at radius 2 is 2.00 bits per heavy atom. The van der Waals surface area contributed by atoms with Gasteiger partial charge in [0.15, 0.2) is 0 Å². The number of nitrogens with zero attached hydrogens (tertiary/aromatic N) is 2. The van der Waals surface area contributed by atoms with Crippen molar-refractivity contribution in [1.29, 1.82) is 0 Å². The maximum atomic E-state index is 5.11. The molecule has 2 rings (SSSR count). The summed E-state index contributed by atoms with van der Waals surface area (Å²) < 4.78 is 5.79. The van der Waals surface area contributed by atoms with Crippen molar-refractivity contribution in [3.05, 3.63) is 28.7 Å². The molecule has 2 aromatic rings. The van der Waals surface area contributed by atoms with E-state index in [1.807, 2.05) is 24.3 Å². The first-order valence-electron chi connectivity index (χ1n) is 3.86. The first-order valence-corrected chi connectivity index (χ1v) is 4.65. The number of hydrazine groups is 1. The summed E-state index contributed by atoms with van der Waals surface area (Å²) >= 11 is 3.34. The fraction of sp³-hybridized carbons (Fsp3) is 0. The van der Waals surface area contributed by atoms with Crippen LogP contribution < -0.4 is 11.3 Å². The fourth-order valence-corrected chi connectivity index (χ4v) is 1.26. The number of hydrogen-bond donors (Lipinski definition) is 2. The minimum atomic E-state index is 0.197. The Kier molecular flexibility index (Phi) is 2.47. The molecule has 1 heterocycles. The van der Waals surface area contributed by atoms with Gasteiger partial charge in [0.05, 0.1) is 0 Å². The number of nitrogens with one attached hydrogen (secondary N) is 1. The molecule has 0 fully saturated rings. The molecular formula is C8H7BrN4O. The summed E-state index contributed by atoms with van der Waals surface area (Å²) in [6.07, 6.45) is 0. The van der Waals surface area contributed by atoms with Crippen LogP contribution in [0.4, 0.5) is 6.01 Å². The van der Waals surface area contributed by atoms with Crippen molar-refractivity contribution in [3.8, 4) is 11.4 Å². The largest absolute Gasteiger partial charge is 0.335 e. The molecule has 0 aliphatic carbocycles. The second kappa shape index (κ2) is 3.77. The topological polar surface area (TPSA) is 77.0 Å². The molecule has 14 heavy (non-hydrogen) atoms. The van der Waals surface area contributed by atoms with Crippen LogP contribution >= 0.6 is 15.9 Å². The Hall–Kier alpha value is -1.40. The van der Waals surface area contributed by atoms with Gasteiger partial charge >= 0.3 is 6.01 Å². The number of anilines is 1. The molecule has 0 amide bonds. The number of hydrogen-bond acceptors (Lipinski definition) is 5. The van der Waals surface area contributed by atoms with Crippen LogP contribution in [0.15, 0.2) is 33.3 Å². The lowest BCUT2D eigenvalue weighted by Crippen LogP contribution is -2.06. The van der Waals surface area contributed by atoms with Gasteiger partial charge in [0.1, 0.15) is 0 Å². The summed E-state index contributed by atoms with van der Waals surface area (Å²) in [6, 6.07) is 7.77. The van der Waals surface area contributed by atoms with Crippen molar-refractivity contribution in [2.45, 2.75) is 0 Å². The van der Waals surface area contributed by atoms with E-state index in [2.05, 4.69) is 31.5 Å². The molecular weight excluding hydrogens is 248 g/mol. The zero-order valence-electron chi connectivity index (χ0n) is 7.07. The van der Waals surface area contributed by atoms with Crippen LogP contribution in [0, 0.1) is 0 Å². The number of benzene rings is 1. The van der Waals surface area contributed by atoms with E-state index in [-0.39, 0.29) is 6.01 Å². The molecule has 5 nitrogen and oxygen atoms in total. The molecule has 72 valence electrons. The molecule has 0 saturated carbocycles. The van der Waals surface area contributed by atoms with E-state index >= 15 is 0 Å². The molecule has 0 saturated heterocycles. The van der Waals surface area contributed by atoms with Crippen molar-refractivity contribution in [3.63, 3.8) is 0 Å². The average Bonchev–Trinajstić information content (AvgIpc) is 2.67. The summed E-state index contributed by atoms with van der Waals surface area (Å²) in [4.78, 5) is 4.00. The lowest BCUT2D eigenvalue weighted by molar-refractivity contribution is 0.432. The lowest BCUT2D eigenvalue weighted by atomic mass is 10.2. The smallest absolute Gasteiger partial charge is 0.314 e. The quantitative estimate of drug-likeness (QED) is 0.631. The third kappa shape index (κ3) is 1.75. The van der Waals surface area contributed by atoms with Crippen LogP contribution in [0.25, 0.3) is 11.4 Å². The van der Waals surface area contributed by atoms with Crippen molar-refractivity contribution < 1.29 is 4.52 Å². The van der Waals surface area contributed by atoms with E-state index in [1.165, 1.54) is 0 Å². The zero-order valence-corrected chi connectivity index (χ0v) is 8.65. The molecule has 0 radical (unpaired) electrons. The standard InChI is InChI=1S/C8H7BrN4O/c9-6-3-1-5(2-4-6)7-11-8(12-10)14-13-7/h1-4H,10H2,(H,11,12,13). The highest BCUT2D eigenvalue weighted by atomic mass is 79.9. The van der Waals surface area contributed by atoms with E-state index in [4.69, 9.17) is 10.4 Å². The third-order valence-corrected chi connectivity index (χ3v) is 2.18. The molecule has 0 aliphatic heterocycles. The minimum absolute atomic E-state index is 0.197. The van der Waals surface area contributed by atoms with Gasteiger partial charge in [0.2, 0.25) is 5.82 Å². The van der Waals surface area contributed by atoms with Crippen LogP contribution in [0.2, 0.25) is 0 Å². The Morgan fingerprint density at radius 1 is 1.29 bits per heavy atom. The highest BCUT2D eigenvalue weighted by molar-refractivity contribution is 9.10. The number of nitrogens with two attached hydrogens (primary N) is 1. The Bertz CT molecular complexity index is 425. The molecule has 0 atom stereocenters. The molecule has 3 N–H and O–H groups in total. The first-order chi connectivity index (χ1) is 6.79. The molecule has 0 spiro atoms.